The van der Waals surface area contributed by atoms with E-state index in [9.17, 15) is 44.5 Å². The summed E-state index contributed by atoms with van der Waals surface area (Å²) in [5.41, 5.74) is 19.9. The predicted octanol–water partition coefficient (Wildman–Crippen LogP) is 14.4. The van der Waals surface area contributed by atoms with Gasteiger partial charge in [-0.3, -0.25) is 48.5 Å². The molecule has 10 rings (SSSR count). The fourth-order valence-corrected chi connectivity index (χ4v) is 12.5. The molecule has 0 saturated carbocycles. The Kier molecular flexibility index (Phi) is 56.8. The molecule has 117 heavy (non-hydrogen) atoms. The molecule has 2 aliphatic rings. The van der Waals surface area contributed by atoms with Gasteiger partial charge in [0.05, 0.1) is 85.9 Å². The highest BCUT2D eigenvalue weighted by atomic mass is 79.9. The van der Waals surface area contributed by atoms with Crippen molar-refractivity contribution < 1.29 is 77.2 Å². The normalized spacial score (nSPS) is 13.8. The number of aldehydes is 1. The number of hydrogen-bond acceptors (Lipinski definition) is 25. The average molecular weight is 2100 g/mol. The number of aryl methyl sites for hydroxylation is 5. The Balaban J connectivity index is 0.00000129. The average Bonchev–Trinajstić information content (AvgIpc) is 0.801. The summed E-state index contributed by atoms with van der Waals surface area (Å²) in [5.74, 6) is 0.0579. The fourth-order valence-electron chi connectivity index (χ4n) is 9.73. The van der Waals surface area contributed by atoms with Gasteiger partial charge in [-0.2, -0.15) is 8.42 Å². The summed E-state index contributed by atoms with van der Waals surface area (Å²) in [5, 5.41) is 78.4. The van der Waals surface area contributed by atoms with E-state index in [1.54, 1.807) is 78.8 Å². The highest BCUT2D eigenvalue weighted by molar-refractivity contribution is 9.11. The van der Waals surface area contributed by atoms with Crippen LogP contribution in [0.2, 0.25) is 0 Å². The number of aliphatic hydroxyl groups is 6. The Morgan fingerprint density at radius 2 is 0.897 bits per heavy atom. The number of anilines is 4. The maximum Gasteiger partial charge on any atom is 0.394 e. The molecule has 0 unspecified atom stereocenters. The number of amides is 3. The summed E-state index contributed by atoms with van der Waals surface area (Å²) in [6, 6.07) is 40.5. The van der Waals surface area contributed by atoms with Crippen LogP contribution in [0.1, 0.15) is 146 Å². The number of hydrogen-bond donors (Lipinski definition) is 12. The summed E-state index contributed by atoms with van der Waals surface area (Å²) in [4.78, 5) is 92.8. The Hall–Kier alpha value is -7.07. The largest absolute Gasteiger partial charge is 0.400 e. The lowest BCUT2D eigenvalue weighted by atomic mass is 10.0. The first-order valence-electron chi connectivity index (χ1n) is 35.9. The van der Waals surface area contributed by atoms with E-state index in [4.69, 9.17) is 54.5 Å². The molecule has 0 aliphatic carbocycles. The van der Waals surface area contributed by atoms with Gasteiger partial charge < -0.3 is 62.5 Å². The fraction of sp³-hybridized carbons (Fsp3) is 0.403. The Morgan fingerprint density at radius 1 is 0.538 bits per heavy atom. The number of fused-ring (bicyclic) bond motifs is 2. The highest BCUT2D eigenvalue weighted by Crippen LogP contribution is 2.33. The number of benzene rings is 2. The second kappa shape index (κ2) is 60.4. The van der Waals surface area contributed by atoms with Gasteiger partial charge in [-0.25, -0.2) is 29.9 Å². The quantitative estimate of drug-likeness (QED) is 0.0125. The first-order valence-corrected chi connectivity index (χ1v) is 42.8. The van der Waals surface area contributed by atoms with Crippen molar-refractivity contribution in [2.75, 3.05) is 41.0 Å². The van der Waals surface area contributed by atoms with Crippen LogP contribution in [0.25, 0.3) is 0 Å². The Bertz CT molecular complexity index is 4340. The van der Waals surface area contributed by atoms with Gasteiger partial charge in [0, 0.05) is 77.3 Å². The molecular formula is C77H103Br7N14O18S. The number of nitrogens with zero attached hydrogens (tertiary/aromatic N) is 10. The molecule has 0 spiro atoms. The molecule has 644 valence electrons. The molecule has 0 fully saturated rings. The number of pyridine rings is 6. The van der Waals surface area contributed by atoms with Crippen molar-refractivity contribution in [2.24, 2.45) is 5.73 Å². The Labute approximate surface area is 741 Å². The van der Waals surface area contributed by atoms with Crippen molar-refractivity contribution in [3.05, 3.63) is 226 Å². The minimum atomic E-state index is -4.67. The summed E-state index contributed by atoms with van der Waals surface area (Å²) < 4.78 is 36.1. The molecule has 6 aromatic heterocycles. The first-order chi connectivity index (χ1) is 54.9. The number of nitrogen functional groups attached to an aromatic ring is 1. The molecule has 0 saturated heterocycles. The Morgan fingerprint density at radius 3 is 1.27 bits per heavy atom. The third-order valence-corrected chi connectivity index (χ3v) is 18.4. The van der Waals surface area contributed by atoms with Crippen LogP contribution in [0.5, 0.6) is 0 Å². The van der Waals surface area contributed by atoms with E-state index in [0.29, 0.717) is 77.9 Å². The number of nitrogens with two attached hydrogens (primary N) is 2. The molecule has 2 aliphatic heterocycles. The van der Waals surface area contributed by atoms with E-state index >= 15 is 0 Å². The van der Waals surface area contributed by atoms with Crippen LogP contribution >= 0.6 is 112 Å². The number of rotatable bonds is 18. The lowest BCUT2D eigenvalue weighted by molar-refractivity contribution is -0.386. The van der Waals surface area contributed by atoms with Crippen LogP contribution in [-0.2, 0) is 63.4 Å². The number of halogens is 7. The van der Waals surface area contributed by atoms with Crippen LogP contribution in [0.15, 0.2) is 166 Å². The van der Waals surface area contributed by atoms with Gasteiger partial charge in [0.2, 0.25) is 17.7 Å². The molecule has 8 heterocycles. The van der Waals surface area contributed by atoms with Crippen molar-refractivity contribution in [3.8, 4) is 0 Å². The van der Waals surface area contributed by atoms with Gasteiger partial charge >= 0.3 is 16.1 Å². The number of nitro groups is 2. The second-order valence-corrected chi connectivity index (χ2v) is 32.0. The van der Waals surface area contributed by atoms with Crippen LogP contribution in [0.4, 0.5) is 34.1 Å². The van der Waals surface area contributed by atoms with Gasteiger partial charge in [-0.05, 0) is 290 Å². The summed E-state index contributed by atoms with van der Waals surface area (Å²) in [6.07, 6.45) is 6.43. The first kappa shape index (κ1) is 110. The maximum atomic E-state index is 11.5. The minimum absolute atomic E-state index is 0.00106. The standard InChI is InChI=1S/C11H15BrN2O2.2C11H13BrN2O.C10H15NO.C9H11BrN2O3.C9H13BrN2O.C7H6O.C5H2Br2N2O2.C3H9NO.CH4O.H2O4S/c1-7(15)3-4-10-9(13-8(2)16)5-6-11(12)14-10;2*1-7-3-4-9-10(14(7)8(2)15)5-6-11(12)13-9;1-9(12)7-11-8-10-5-3-2-4-6-10;1-6(13)2-3-7-8(12(14)15)4-5-9(10)11-7;1-6(13)2-4-8-7(11)3-5-9(10)12-8;8-6-7-4-2-1-3-5-7;6-4-2-1-3(9(10)11)5(7)8-4;1-3(5)2-4;1-2;1-5(2,3)4/h5-7,15H,3-4H2,1-2H3,(H,13,16);2*5-7H,3-4H2,1-2H3;2-6,9,11-12H,7-8H2,1H3;4-6,13H,2-3H2,1H3;3,5-6,13H,2,4,11H2,1H3;1-6H;1-2H;3,5H,2,4H2,1H3;2H,1H3;(H2,1,2,3,4)/t3*7-;9-;2*6-;;;3-;;/m100111..1../s1. The smallest absolute Gasteiger partial charge is 0.394 e. The van der Waals surface area contributed by atoms with Crippen molar-refractivity contribution in [1.82, 2.24) is 35.2 Å². The van der Waals surface area contributed by atoms with Crippen molar-refractivity contribution >= 4 is 180 Å². The number of nitrogens with one attached hydrogen (secondary N) is 2. The van der Waals surface area contributed by atoms with Gasteiger partial charge in [0.25, 0.3) is 5.69 Å². The third-order valence-electron chi connectivity index (χ3n) is 15.1. The van der Waals surface area contributed by atoms with Gasteiger partial charge in [0.1, 0.15) is 39.6 Å². The minimum Gasteiger partial charge on any atom is -0.400 e. The van der Waals surface area contributed by atoms with Crippen molar-refractivity contribution in [2.45, 2.75) is 183 Å². The summed E-state index contributed by atoms with van der Waals surface area (Å²) >= 11 is 22.5. The number of carbonyl (C=O) groups excluding carboxylic acids is 4. The molecule has 40 heteroatoms. The zero-order valence-corrected chi connectivity index (χ0v) is 78.3. The molecule has 3 amide bonds. The number of aliphatic hydroxyl groups excluding tert-OH is 6. The summed E-state index contributed by atoms with van der Waals surface area (Å²) in [6.45, 7) is 19.2. The van der Waals surface area contributed by atoms with Gasteiger partial charge in [-0.15, -0.1) is 0 Å². The van der Waals surface area contributed by atoms with E-state index in [0.717, 1.165) is 104 Å². The highest BCUT2D eigenvalue weighted by Gasteiger charge is 2.28. The molecule has 8 aromatic rings. The molecule has 7 atom stereocenters. The van der Waals surface area contributed by atoms with Gasteiger partial charge in [-0.1, -0.05) is 60.7 Å². The third kappa shape index (κ3) is 49.9. The number of carbonyl (C=O) groups is 4. The SMILES string of the molecule is CC(=O)N1c2ccc(Br)nc2CC[C@@H]1C.CC(=O)N1c2ccc(Br)nc2CC[C@@H]1C.CC(=O)Nc1ccc(Br)nc1CC[C@@H](C)O.CO.C[C@@H](O)CCc1nc(Br)ccc1N.C[C@@H](O)CCc1nc(Br)ccc1[N+](=O)[O-].C[C@@H](O)CN.C[C@@H](O)CNCc1ccccc1.O=Cc1ccccc1.O=S(=O)(O)O.O=[N+]([O-])c1ccc(Br)nc1Br. The molecular weight excluding hydrogens is 2000 g/mol. The molecule has 0 bridgehead atoms. The maximum absolute atomic E-state index is 11.5. The van der Waals surface area contributed by atoms with E-state index < -0.39 is 26.3 Å². The molecule has 14 N–H and O–H groups in total. The topological polar surface area (TPSA) is 510 Å². The monoisotopic (exact) mass is 2100 g/mol. The predicted molar refractivity (Wildman–Crippen MR) is 478 cm³/mol. The van der Waals surface area contributed by atoms with Crippen LogP contribution < -0.4 is 31.9 Å². The zero-order valence-electron chi connectivity index (χ0n) is 66.4. The van der Waals surface area contributed by atoms with Crippen LogP contribution in [0, 0.1) is 20.2 Å². The molecule has 32 nitrogen and oxygen atoms in total. The van der Waals surface area contributed by atoms with E-state index in [1.165, 1.54) is 36.8 Å². The van der Waals surface area contributed by atoms with Crippen molar-refractivity contribution in [1.29, 1.82) is 0 Å². The van der Waals surface area contributed by atoms with E-state index in [2.05, 4.69) is 178 Å². The molecule has 2 aromatic carbocycles. The summed E-state index contributed by atoms with van der Waals surface area (Å²) in [7, 11) is -3.67. The van der Waals surface area contributed by atoms with Crippen LogP contribution in [0.3, 0.4) is 0 Å². The number of aromatic nitrogens is 6. The van der Waals surface area contributed by atoms with Crippen molar-refractivity contribution in [3.63, 3.8) is 0 Å². The van der Waals surface area contributed by atoms with E-state index in [1.807, 2.05) is 76.5 Å². The lowest BCUT2D eigenvalue weighted by Gasteiger charge is -2.33. The zero-order chi connectivity index (χ0) is 89.2. The molecule has 0 radical (unpaired) electrons. The van der Waals surface area contributed by atoms with Crippen LogP contribution in [-0.4, -0.2) is 175 Å². The van der Waals surface area contributed by atoms with Gasteiger partial charge in [0.15, 0.2) is 4.60 Å². The lowest BCUT2D eigenvalue weighted by Crippen LogP contribution is -2.41. The second-order valence-electron chi connectivity index (χ2n) is 25.5. The van der Waals surface area contributed by atoms with E-state index in [-0.39, 0.29) is 70.2 Å².